The first-order valence-corrected chi connectivity index (χ1v) is 6.61. The molecule has 2 nitrogen and oxygen atoms in total. The van der Waals surface area contributed by atoms with E-state index in [0.29, 0.717) is 0 Å². The number of hydrogen-bond donors (Lipinski definition) is 0. The molecule has 0 saturated carbocycles. The summed E-state index contributed by atoms with van der Waals surface area (Å²) in [6.45, 7) is 5.54. The van der Waals surface area contributed by atoms with Crippen molar-refractivity contribution >= 4 is 11.6 Å². The molecule has 0 bridgehead atoms. The summed E-state index contributed by atoms with van der Waals surface area (Å²) in [7, 11) is 1.82. The number of halogens is 1. The van der Waals surface area contributed by atoms with Gasteiger partial charge < -0.3 is 9.64 Å². The number of hydrogen-bond acceptors (Lipinski definition) is 2. The second kappa shape index (κ2) is 5.38. The van der Waals surface area contributed by atoms with Gasteiger partial charge in [-0.2, -0.15) is 0 Å². The van der Waals surface area contributed by atoms with Gasteiger partial charge in [0.15, 0.2) is 0 Å². The number of benzene rings is 1. The van der Waals surface area contributed by atoms with Crippen LogP contribution < -0.4 is 0 Å². The number of likely N-dealkylation sites (tertiary alicyclic amines) is 1. The molecule has 0 N–H and O–H groups in total. The molecule has 0 unspecified atom stereocenters. The summed E-state index contributed by atoms with van der Waals surface area (Å²) in [5.41, 5.74) is 1.14. The SMILES string of the molecule is CCN1CCC(OC)(c2ccc(Cl)cc2)CC1. The van der Waals surface area contributed by atoms with Crippen molar-refractivity contribution in [1.29, 1.82) is 0 Å². The Morgan fingerprint density at radius 1 is 1.24 bits per heavy atom. The van der Waals surface area contributed by atoms with Gasteiger partial charge in [0.1, 0.15) is 0 Å². The molecule has 0 amide bonds. The van der Waals surface area contributed by atoms with Gasteiger partial charge >= 0.3 is 0 Å². The van der Waals surface area contributed by atoms with E-state index in [1.807, 2.05) is 19.2 Å². The Labute approximate surface area is 109 Å². The zero-order chi connectivity index (χ0) is 12.3. The molecular weight excluding hydrogens is 234 g/mol. The lowest BCUT2D eigenvalue weighted by Gasteiger charge is -2.41. The number of nitrogens with zero attached hydrogens (tertiary/aromatic N) is 1. The Morgan fingerprint density at radius 2 is 1.82 bits per heavy atom. The van der Waals surface area contributed by atoms with Crippen LogP contribution in [0.25, 0.3) is 0 Å². The van der Waals surface area contributed by atoms with Crippen LogP contribution in [-0.2, 0) is 10.3 Å². The highest BCUT2D eigenvalue weighted by molar-refractivity contribution is 6.30. The van der Waals surface area contributed by atoms with E-state index in [-0.39, 0.29) is 5.60 Å². The van der Waals surface area contributed by atoms with Crippen LogP contribution in [0, 0.1) is 0 Å². The van der Waals surface area contributed by atoms with Gasteiger partial charge in [0.2, 0.25) is 0 Å². The van der Waals surface area contributed by atoms with Crippen molar-refractivity contribution in [3.63, 3.8) is 0 Å². The summed E-state index contributed by atoms with van der Waals surface area (Å²) in [5.74, 6) is 0. The van der Waals surface area contributed by atoms with Crippen LogP contribution >= 0.6 is 11.6 Å². The van der Waals surface area contributed by atoms with Crippen LogP contribution in [0.3, 0.4) is 0 Å². The standard InChI is InChI=1S/C14H20ClNO/c1-3-16-10-8-14(17-2,9-11-16)12-4-6-13(15)7-5-12/h4-7H,3,8-11H2,1-2H3. The van der Waals surface area contributed by atoms with Crippen molar-refractivity contribution in [2.75, 3.05) is 26.7 Å². The molecule has 3 heteroatoms. The Bertz CT molecular complexity index is 355. The normalized spacial score (nSPS) is 20.4. The fourth-order valence-electron chi connectivity index (χ4n) is 2.59. The minimum atomic E-state index is -0.115. The van der Waals surface area contributed by atoms with Gasteiger partial charge in [-0.1, -0.05) is 30.7 Å². The summed E-state index contributed by atoms with van der Waals surface area (Å²) in [4.78, 5) is 2.47. The minimum absolute atomic E-state index is 0.115. The average molecular weight is 254 g/mol. The predicted molar refractivity (Wildman–Crippen MR) is 71.5 cm³/mol. The van der Waals surface area contributed by atoms with Gasteiger partial charge in [-0.15, -0.1) is 0 Å². The molecule has 17 heavy (non-hydrogen) atoms. The van der Waals surface area contributed by atoms with Gasteiger partial charge in [-0.05, 0) is 37.1 Å². The summed E-state index contributed by atoms with van der Waals surface area (Å²) >= 11 is 5.94. The average Bonchev–Trinajstić information content (AvgIpc) is 2.40. The Hall–Kier alpha value is -0.570. The topological polar surface area (TPSA) is 12.5 Å². The third-order valence-electron chi connectivity index (χ3n) is 3.87. The second-order valence-electron chi connectivity index (χ2n) is 4.64. The smallest absolute Gasteiger partial charge is 0.0951 e. The highest BCUT2D eigenvalue weighted by Crippen LogP contribution is 2.36. The highest BCUT2D eigenvalue weighted by Gasteiger charge is 2.35. The molecule has 1 aliphatic rings. The molecule has 0 radical (unpaired) electrons. The largest absolute Gasteiger partial charge is 0.373 e. The number of ether oxygens (including phenoxy) is 1. The monoisotopic (exact) mass is 253 g/mol. The maximum Gasteiger partial charge on any atom is 0.0951 e. The van der Waals surface area contributed by atoms with Gasteiger partial charge in [-0.3, -0.25) is 0 Å². The van der Waals surface area contributed by atoms with Crippen molar-refractivity contribution < 1.29 is 4.74 Å². The summed E-state index contributed by atoms with van der Waals surface area (Å²) in [5, 5.41) is 0.783. The lowest BCUT2D eigenvalue weighted by Crippen LogP contribution is -2.43. The van der Waals surface area contributed by atoms with E-state index in [4.69, 9.17) is 16.3 Å². The molecular formula is C14H20ClNO. The van der Waals surface area contributed by atoms with Gasteiger partial charge in [0.25, 0.3) is 0 Å². The van der Waals surface area contributed by atoms with E-state index in [2.05, 4.69) is 24.0 Å². The Morgan fingerprint density at radius 3 is 2.29 bits per heavy atom. The quantitative estimate of drug-likeness (QED) is 0.820. The Balaban J connectivity index is 2.18. The van der Waals surface area contributed by atoms with Crippen molar-refractivity contribution in [2.24, 2.45) is 0 Å². The summed E-state index contributed by atoms with van der Waals surface area (Å²) in [6.07, 6.45) is 2.11. The van der Waals surface area contributed by atoms with Crippen LogP contribution in [0.4, 0.5) is 0 Å². The van der Waals surface area contributed by atoms with Crippen LogP contribution in [0.2, 0.25) is 5.02 Å². The van der Waals surface area contributed by atoms with E-state index >= 15 is 0 Å². The fourth-order valence-corrected chi connectivity index (χ4v) is 2.72. The molecule has 0 spiro atoms. The van der Waals surface area contributed by atoms with Crippen LogP contribution in [0.1, 0.15) is 25.3 Å². The molecule has 1 aromatic rings. The lowest BCUT2D eigenvalue weighted by atomic mass is 9.84. The van der Waals surface area contributed by atoms with E-state index < -0.39 is 0 Å². The summed E-state index contributed by atoms with van der Waals surface area (Å²) in [6, 6.07) is 8.08. The molecule has 0 aromatic heterocycles. The van der Waals surface area contributed by atoms with Crippen LogP contribution in [0.5, 0.6) is 0 Å². The zero-order valence-corrected chi connectivity index (χ0v) is 11.3. The molecule has 1 saturated heterocycles. The van der Waals surface area contributed by atoms with Crippen LogP contribution in [0.15, 0.2) is 24.3 Å². The predicted octanol–water partition coefficient (Wildman–Crippen LogP) is 3.30. The van der Waals surface area contributed by atoms with Crippen molar-refractivity contribution in [3.05, 3.63) is 34.9 Å². The number of rotatable bonds is 3. The maximum atomic E-state index is 5.94. The van der Waals surface area contributed by atoms with E-state index in [9.17, 15) is 0 Å². The molecule has 2 rings (SSSR count). The highest BCUT2D eigenvalue weighted by atomic mass is 35.5. The van der Waals surface area contributed by atoms with E-state index in [1.54, 1.807) is 0 Å². The molecule has 1 heterocycles. The summed E-state index contributed by atoms with van der Waals surface area (Å²) < 4.78 is 5.83. The third kappa shape index (κ3) is 2.65. The van der Waals surface area contributed by atoms with Gasteiger partial charge in [-0.25, -0.2) is 0 Å². The lowest BCUT2D eigenvalue weighted by molar-refractivity contribution is -0.0616. The molecule has 0 atom stereocenters. The zero-order valence-electron chi connectivity index (χ0n) is 10.6. The number of methoxy groups -OCH3 is 1. The van der Waals surface area contributed by atoms with Crippen molar-refractivity contribution in [1.82, 2.24) is 4.90 Å². The van der Waals surface area contributed by atoms with Gasteiger partial charge in [0, 0.05) is 25.2 Å². The fraction of sp³-hybridized carbons (Fsp3) is 0.571. The molecule has 1 aliphatic heterocycles. The first-order valence-electron chi connectivity index (χ1n) is 6.24. The van der Waals surface area contributed by atoms with Crippen molar-refractivity contribution in [3.8, 4) is 0 Å². The number of piperidine rings is 1. The second-order valence-corrected chi connectivity index (χ2v) is 5.08. The molecule has 94 valence electrons. The first-order chi connectivity index (χ1) is 8.20. The van der Waals surface area contributed by atoms with Crippen LogP contribution in [-0.4, -0.2) is 31.6 Å². The minimum Gasteiger partial charge on any atom is -0.373 e. The molecule has 1 aromatic carbocycles. The third-order valence-corrected chi connectivity index (χ3v) is 4.12. The van der Waals surface area contributed by atoms with Crippen molar-refractivity contribution in [2.45, 2.75) is 25.4 Å². The Kier molecular flexibility index (Phi) is 4.08. The maximum absolute atomic E-state index is 5.94. The molecule has 0 aliphatic carbocycles. The molecule has 1 fully saturated rings. The van der Waals surface area contributed by atoms with E-state index in [0.717, 1.165) is 37.5 Å². The van der Waals surface area contributed by atoms with Gasteiger partial charge in [0.05, 0.1) is 5.60 Å². The first kappa shape index (κ1) is 12.9. The van der Waals surface area contributed by atoms with E-state index in [1.165, 1.54) is 5.56 Å².